The van der Waals surface area contributed by atoms with Gasteiger partial charge < -0.3 is 5.32 Å². The molecule has 0 aliphatic heterocycles. The normalized spacial score (nSPS) is 14.6. The van der Waals surface area contributed by atoms with E-state index in [1.807, 2.05) is 24.3 Å². The Bertz CT molecular complexity index is 1040. The van der Waals surface area contributed by atoms with Crippen molar-refractivity contribution in [1.29, 1.82) is 0 Å². The highest BCUT2D eigenvalue weighted by molar-refractivity contribution is 6.05. The largest absolute Gasteiger partial charge is 0.322 e. The van der Waals surface area contributed by atoms with Crippen molar-refractivity contribution in [2.24, 2.45) is 0 Å². The van der Waals surface area contributed by atoms with Crippen LogP contribution in [0.3, 0.4) is 0 Å². The highest BCUT2D eigenvalue weighted by atomic mass is 16.1. The molecule has 2 heteroatoms. The molecule has 159 valence electrons. The van der Waals surface area contributed by atoms with Crippen molar-refractivity contribution in [1.82, 2.24) is 0 Å². The summed E-state index contributed by atoms with van der Waals surface area (Å²) in [6.07, 6.45) is 6.44. The minimum Gasteiger partial charge on any atom is -0.322 e. The minimum absolute atomic E-state index is 0.0616. The monoisotopic (exact) mass is 410 g/mol. The van der Waals surface area contributed by atoms with Crippen molar-refractivity contribution in [3.05, 3.63) is 94.9 Å². The van der Waals surface area contributed by atoms with Gasteiger partial charge in [0.1, 0.15) is 0 Å². The second kappa shape index (κ2) is 9.51. The van der Waals surface area contributed by atoms with Crippen LogP contribution in [0.1, 0.15) is 78.9 Å². The van der Waals surface area contributed by atoms with Gasteiger partial charge in [0.05, 0.1) is 0 Å². The summed E-state index contributed by atoms with van der Waals surface area (Å²) >= 11 is 0. The van der Waals surface area contributed by atoms with E-state index in [1.54, 1.807) is 0 Å². The van der Waals surface area contributed by atoms with Crippen LogP contribution in [0.25, 0.3) is 11.1 Å². The van der Waals surface area contributed by atoms with Gasteiger partial charge in [0.15, 0.2) is 0 Å². The van der Waals surface area contributed by atoms with E-state index >= 15 is 0 Å². The number of rotatable bonds is 5. The van der Waals surface area contributed by atoms with Gasteiger partial charge in [0, 0.05) is 11.3 Å². The number of anilines is 1. The van der Waals surface area contributed by atoms with Crippen LogP contribution in [0, 0.1) is 12.8 Å². The van der Waals surface area contributed by atoms with Gasteiger partial charge in [0.2, 0.25) is 0 Å². The van der Waals surface area contributed by atoms with E-state index in [0.717, 1.165) is 16.8 Å². The molecule has 1 N–H and O–H groups in total. The Morgan fingerprint density at radius 3 is 2.29 bits per heavy atom. The van der Waals surface area contributed by atoms with Crippen LogP contribution in [0.4, 0.5) is 5.69 Å². The van der Waals surface area contributed by atoms with Gasteiger partial charge in [-0.25, -0.2) is 0 Å². The average molecular weight is 411 g/mol. The maximum atomic E-state index is 13.0. The first kappa shape index (κ1) is 21.4. The molecule has 1 amide bonds. The quantitative estimate of drug-likeness (QED) is 0.455. The summed E-state index contributed by atoms with van der Waals surface area (Å²) in [5.41, 5.74) is 7.71. The fraction of sp³-hybridized carbons (Fsp3) is 0.310. The number of hydrogen-bond donors (Lipinski definition) is 1. The van der Waals surface area contributed by atoms with Gasteiger partial charge in [-0.2, -0.15) is 0 Å². The highest BCUT2D eigenvalue weighted by Crippen LogP contribution is 2.37. The molecule has 0 spiro atoms. The van der Waals surface area contributed by atoms with Crippen molar-refractivity contribution in [3.8, 4) is 11.1 Å². The summed E-state index contributed by atoms with van der Waals surface area (Å²) in [5.74, 6) is 1.87. The van der Waals surface area contributed by atoms with Gasteiger partial charge in [-0.15, -0.1) is 0 Å². The molecule has 0 aromatic heterocycles. The molecule has 0 unspecified atom stereocenters. The molecular weight excluding hydrogens is 378 g/mol. The molecule has 1 radical (unpaired) electrons. The number of benzene rings is 3. The first-order valence-electron chi connectivity index (χ1n) is 11.4. The molecule has 0 heterocycles. The first-order chi connectivity index (χ1) is 15.0. The lowest BCUT2D eigenvalue weighted by atomic mass is 9.80. The molecule has 3 aromatic carbocycles. The van der Waals surface area contributed by atoms with Gasteiger partial charge in [-0.1, -0.05) is 81.1 Å². The molecule has 0 saturated heterocycles. The van der Waals surface area contributed by atoms with Gasteiger partial charge in [0.25, 0.3) is 5.91 Å². The number of amides is 1. The highest BCUT2D eigenvalue weighted by Gasteiger charge is 2.21. The molecule has 0 atom stereocenters. The standard InChI is InChI=1S/C29H32NO/c1-20(2)27-17-16-26(19-28(27)23-8-5-4-6-9-23)30-29(31)25-11-7-10-24(18-25)22-14-12-21(3)13-15-22/h7,10-19,23H,4-6,8-9H2,1-3H3,(H,30,31). The van der Waals surface area contributed by atoms with E-state index in [4.69, 9.17) is 0 Å². The maximum Gasteiger partial charge on any atom is 0.255 e. The van der Waals surface area contributed by atoms with Crippen LogP contribution in [0.5, 0.6) is 0 Å². The van der Waals surface area contributed by atoms with Gasteiger partial charge in [-0.05, 0) is 78.1 Å². The van der Waals surface area contributed by atoms with E-state index in [0.29, 0.717) is 11.5 Å². The van der Waals surface area contributed by atoms with E-state index in [-0.39, 0.29) is 5.91 Å². The third kappa shape index (κ3) is 5.07. The van der Waals surface area contributed by atoms with Crippen molar-refractivity contribution in [2.75, 3.05) is 5.32 Å². The Morgan fingerprint density at radius 2 is 1.58 bits per heavy atom. The van der Waals surface area contributed by atoms with E-state index in [2.05, 4.69) is 68.6 Å². The lowest BCUT2D eigenvalue weighted by Crippen LogP contribution is -2.14. The molecule has 2 nitrogen and oxygen atoms in total. The Kier molecular flexibility index (Phi) is 6.56. The molecule has 0 bridgehead atoms. The number of carbonyl (C=O) groups is 1. The second-order valence-electron chi connectivity index (χ2n) is 9.04. The van der Waals surface area contributed by atoms with Crippen molar-refractivity contribution >= 4 is 11.6 Å². The fourth-order valence-corrected chi connectivity index (χ4v) is 4.64. The lowest BCUT2D eigenvalue weighted by Gasteiger charge is -2.26. The summed E-state index contributed by atoms with van der Waals surface area (Å²) in [6.45, 7) is 6.44. The number of carbonyl (C=O) groups excluding carboxylic acids is 1. The minimum atomic E-state index is -0.0616. The molecule has 1 saturated carbocycles. The van der Waals surface area contributed by atoms with E-state index in [9.17, 15) is 4.79 Å². The van der Waals surface area contributed by atoms with Gasteiger partial charge >= 0.3 is 0 Å². The van der Waals surface area contributed by atoms with Crippen LogP contribution in [0.2, 0.25) is 0 Å². The Labute approximate surface area is 186 Å². The molecule has 4 rings (SSSR count). The third-order valence-electron chi connectivity index (χ3n) is 6.40. The fourth-order valence-electron chi connectivity index (χ4n) is 4.64. The van der Waals surface area contributed by atoms with Crippen molar-refractivity contribution < 1.29 is 4.79 Å². The second-order valence-corrected chi connectivity index (χ2v) is 9.04. The van der Waals surface area contributed by atoms with Crippen molar-refractivity contribution in [3.63, 3.8) is 0 Å². The zero-order valence-electron chi connectivity index (χ0n) is 18.9. The molecule has 1 fully saturated rings. The lowest BCUT2D eigenvalue weighted by molar-refractivity contribution is 0.102. The molecular formula is C29H32NO. The van der Waals surface area contributed by atoms with Gasteiger partial charge in [-0.3, -0.25) is 4.79 Å². The molecule has 31 heavy (non-hydrogen) atoms. The summed E-state index contributed by atoms with van der Waals surface area (Å²) in [5, 5.41) is 3.14. The predicted molar refractivity (Wildman–Crippen MR) is 131 cm³/mol. The van der Waals surface area contributed by atoms with E-state index < -0.39 is 0 Å². The Hall–Kier alpha value is -2.87. The average Bonchev–Trinajstić information content (AvgIpc) is 2.80. The van der Waals surface area contributed by atoms with Crippen LogP contribution in [0.15, 0.2) is 66.7 Å². The molecule has 1 aliphatic carbocycles. The maximum absolute atomic E-state index is 13.0. The summed E-state index contributed by atoms with van der Waals surface area (Å²) in [7, 11) is 0. The van der Waals surface area contributed by atoms with Crippen LogP contribution in [-0.2, 0) is 0 Å². The number of hydrogen-bond acceptors (Lipinski definition) is 1. The zero-order valence-corrected chi connectivity index (χ0v) is 18.9. The van der Waals surface area contributed by atoms with Crippen molar-refractivity contribution in [2.45, 2.75) is 58.8 Å². The topological polar surface area (TPSA) is 29.1 Å². The van der Waals surface area contributed by atoms with Crippen LogP contribution >= 0.6 is 0 Å². The first-order valence-corrected chi connectivity index (χ1v) is 11.4. The molecule has 1 aliphatic rings. The third-order valence-corrected chi connectivity index (χ3v) is 6.40. The Morgan fingerprint density at radius 1 is 0.839 bits per heavy atom. The van der Waals surface area contributed by atoms with Crippen LogP contribution in [-0.4, -0.2) is 5.91 Å². The smallest absolute Gasteiger partial charge is 0.255 e. The summed E-state index contributed by atoms with van der Waals surface area (Å²) in [6, 6.07) is 22.7. The number of nitrogens with one attached hydrogen (secondary N) is 1. The number of aryl methyl sites for hydroxylation is 1. The summed E-state index contributed by atoms with van der Waals surface area (Å²) in [4.78, 5) is 13.0. The SMILES string of the molecule is C[C](C)c1ccc(NC(=O)c2cccc(-c3ccc(C)cc3)c2)cc1C1CCCCC1. The Balaban J connectivity index is 1.57. The van der Waals surface area contributed by atoms with E-state index in [1.165, 1.54) is 54.7 Å². The predicted octanol–water partition coefficient (Wildman–Crippen LogP) is 7.92. The molecule has 3 aromatic rings. The van der Waals surface area contributed by atoms with Crippen LogP contribution < -0.4 is 5.32 Å². The summed E-state index contributed by atoms with van der Waals surface area (Å²) < 4.78 is 0. The zero-order chi connectivity index (χ0) is 21.8.